The molecule has 0 spiro atoms. The Kier molecular flexibility index (Phi) is 10.3. The Labute approximate surface area is 163 Å². The van der Waals surface area contributed by atoms with E-state index in [1.54, 1.807) is 12.4 Å². The molecule has 1 aliphatic rings. The molecule has 0 aromatic carbocycles. The molecule has 0 unspecified atom stereocenters. The number of nitrogens with one attached hydrogen (secondary N) is 2. The molecule has 2 N–H and O–H groups in total. The minimum atomic E-state index is -0.0497. The topological polar surface area (TPSA) is 71.1 Å². The van der Waals surface area contributed by atoms with Crippen LogP contribution in [0.15, 0.2) is 30.6 Å². The quantitative estimate of drug-likeness (QED) is 0.445. The summed E-state index contributed by atoms with van der Waals surface area (Å²) in [6.45, 7) is 0.938. The Hall–Kier alpha value is -1.47. The van der Waals surface area contributed by atoms with Gasteiger partial charge >= 0.3 is 0 Å². The number of amides is 2. The van der Waals surface area contributed by atoms with Crippen molar-refractivity contribution in [2.45, 2.75) is 43.8 Å². The van der Waals surface area contributed by atoms with Crippen molar-refractivity contribution in [3.63, 3.8) is 0 Å². The van der Waals surface area contributed by atoms with E-state index in [-0.39, 0.29) is 11.8 Å². The molecule has 0 aliphatic carbocycles. The van der Waals surface area contributed by atoms with Crippen molar-refractivity contribution < 1.29 is 9.59 Å². The third-order valence-electron chi connectivity index (χ3n) is 3.97. The van der Waals surface area contributed by atoms with E-state index in [1.807, 2.05) is 45.9 Å². The Bertz CT molecular complexity index is 575. The van der Waals surface area contributed by atoms with Gasteiger partial charge in [-0.05, 0) is 30.9 Å². The normalized spacial score (nSPS) is 16.7. The van der Waals surface area contributed by atoms with Crippen molar-refractivity contribution in [3.8, 4) is 0 Å². The fourth-order valence-electron chi connectivity index (χ4n) is 2.56. The minimum Gasteiger partial charge on any atom is -0.354 e. The highest BCUT2D eigenvalue weighted by Crippen LogP contribution is 2.39. The van der Waals surface area contributed by atoms with Gasteiger partial charge in [0.15, 0.2) is 0 Å². The number of carbonyl (C=O) groups is 2. The monoisotopic (exact) mass is 393 g/mol. The van der Waals surface area contributed by atoms with Gasteiger partial charge in [-0.15, -0.1) is 0 Å². The fourth-order valence-corrected chi connectivity index (χ4v) is 5.59. The number of nitrogens with zero attached hydrogens (tertiary/aromatic N) is 1. The fraction of sp³-hybridized carbons (Fsp3) is 0.526. The number of pyridine rings is 1. The second-order valence-electron chi connectivity index (χ2n) is 6.17. The largest absolute Gasteiger partial charge is 0.354 e. The number of unbranched alkanes of at least 4 members (excludes halogenated alkanes) is 1. The van der Waals surface area contributed by atoms with Crippen LogP contribution in [0.3, 0.4) is 0 Å². The lowest BCUT2D eigenvalue weighted by Gasteiger charge is -2.08. The van der Waals surface area contributed by atoms with E-state index in [4.69, 9.17) is 0 Å². The van der Waals surface area contributed by atoms with Crippen molar-refractivity contribution in [2.75, 3.05) is 18.8 Å². The van der Waals surface area contributed by atoms with Crippen LogP contribution in [-0.2, 0) is 9.59 Å². The minimum absolute atomic E-state index is 0.0497. The van der Waals surface area contributed by atoms with Gasteiger partial charge < -0.3 is 10.6 Å². The van der Waals surface area contributed by atoms with Gasteiger partial charge in [0.25, 0.3) is 0 Å². The maximum Gasteiger partial charge on any atom is 0.223 e. The number of rotatable bonds is 11. The molecular formula is C19H27N3O2S2. The van der Waals surface area contributed by atoms with E-state index < -0.39 is 0 Å². The zero-order valence-corrected chi connectivity index (χ0v) is 16.6. The molecule has 142 valence electrons. The average Bonchev–Trinajstić information content (AvgIpc) is 3.17. The molecule has 1 saturated heterocycles. The van der Waals surface area contributed by atoms with E-state index in [9.17, 15) is 9.59 Å². The van der Waals surface area contributed by atoms with Gasteiger partial charge in [0.2, 0.25) is 11.8 Å². The van der Waals surface area contributed by atoms with Crippen LogP contribution in [0.1, 0.15) is 44.1 Å². The van der Waals surface area contributed by atoms with Crippen molar-refractivity contribution >= 4 is 39.5 Å². The Morgan fingerprint density at radius 3 is 2.81 bits per heavy atom. The maximum atomic E-state index is 11.8. The number of hydrogen-bond donors (Lipinski definition) is 2. The van der Waals surface area contributed by atoms with Gasteiger partial charge in [-0.25, -0.2) is 0 Å². The molecule has 0 saturated carbocycles. The summed E-state index contributed by atoms with van der Waals surface area (Å²) in [6, 6.07) is 3.79. The first-order valence-corrected chi connectivity index (χ1v) is 11.5. The van der Waals surface area contributed by atoms with Gasteiger partial charge in [0.1, 0.15) is 0 Å². The van der Waals surface area contributed by atoms with Crippen molar-refractivity contribution in [2.24, 2.45) is 0 Å². The Balaban J connectivity index is 1.44. The number of carbonyl (C=O) groups excluding carboxylic acids is 2. The molecule has 1 aliphatic heterocycles. The summed E-state index contributed by atoms with van der Waals surface area (Å²) in [4.78, 5) is 27.5. The number of aromatic nitrogens is 1. The second-order valence-corrected chi connectivity index (χ2v) is 8.95. The first-order valence-electron chi connectivity index (χ1n) is 9.12. The average molecular weight is 394 g/mol. The lowest BCUT2D eigenvalue weighted by atomic mass is 10.1. The predicted molar refractivity (Wildman–Crippen MR) is 111 cm³/mol. The first-order chi connectivity index (χ1) is 12.7. The van der Waals surface area contributed by atoms with Crippen LogP contribution in [0.25, 0.3) is 6.08 Å². The number of hydrogen-bond acceptors (Lipinski definition) is 5. The Morgan fingerprint density at radius 2 is 2.08 bits per heavy atom. The molecule has 2 amide bonds. The Morgan fingerprint density at radius 1 is 1.23 bits per heavy atom. The van der Waals surface area contributed by atoms with E-state index in [0.29, 0.717) is 25.9 Å². The van der Waals surface area contributed by atoms with Crippen LogP contribution in [0.4, 0.5) is 0 Å². The smallest absolute Gasteiger partial charge is 0.223 e. The summed E-state index contributed by atoms with van der Waals surface area (Å²) in [5, 5.41) is 6.45. The highest BCUT2D eigenvalue weighted by molar-refractivity contribution is 8.77. The van der Waals surface area contributed by atoms with E-state index in [1.165, 1.54) is 18.6 Å². The van der Waals surface area contributed by atoms with Crippen LogP contribution < -0.4 is 10.6 Å². The molecule has 1 fully saturated rings. The zero-order chi connectivity index (χ0) is 18.5. The molecule has 1 atom stereocenters. The highest BCUT2D eigenvalue weighted by Gasteiger charge is 2.15. The third-order valence-corrected chi connectivity index (χ3v) is 6.98. The van der Waals surface area contributed by atoms with Gasteiger partial charge in [-0.2, -0.15) is 0 Å². The summed E-state index contributed by atoms with van der Waals surface area (Å²) < 4.78 is 0. The summed E-state index contributed by atoms with van der Waals surface area (Å²) in [7, 11) is 3.95. The lowest BCUT2D eigenvalue weighted by molar-refractivity contribution is -0.122. The second kappa shape index (κ2) is 12.8. The molecule has 2 rings (SSSR count). The lowest BCUT2D eigenvalue weighted by Crippen LogP contribution is -2.34. The summed E-state index contributed by atoms with van der Waals surface area (Å²) in [6.07, 6.45) is 12.6. The summed E-state index contributed by atoms with van der Waals surface area (Å²) in [5.74, 6) is 1.29. The zero-order valence-electron chi connectivity index (χ0n) is 15.0. The molecule has 26 heavy (non-hydrogen) atoms. The first kappa shape index (κ1) is 20.8. The van der Waals surface area contributed by atoms with Crippen LogP contribution >= 0.6 is 21.6 Å². The molecule has 1 aromatic rings. The van der Waals surface area contributed by atoms with Gasteiger partial charge in [0.05, 0.1) is 0 Å². The van der Waals surface area contributed by atoms with E-state index >= 15 is 0 Å². The molecule has 5 nitrogen and oxygen atoms in total. The molecule has 7 heteroatoms. The van der Waals surface area contributed by atoms with Crippen LogP contribution in [0, 0.1) is 0 Å². The SMILES string of the molecule is O=C(C/C=C/c1cccnc1)NCCNC(=O)CCCC[C@@H]1CCSS1. The van der Waals surface area contributed by atoms with Gasteiger partial charge in [-0.3, -0.25) is 14.6 Å². The summed E-state index contributed by atoms with van der Waals surface area (Å²) >= 11 is 0. The third kappa shape index (κ3) is 9.29. The van der Waals surface area contributed by atoms with Crippen molar-refractivity contribution in [1.82, 2.24) is 15.6 Å². The van der Waals surface area contributed by atoms with Crippen LogP contribution in [-0.4, -0.2) is 40.9 Å². The highest BCUT2D eigenvalue weighted by atomic mass is 33.1. The standard InChI is InChI=1S/C19H27N3O2S2/c23-18(8-2-1-7-17-10-14-25-26-17)21-12-13-22-19(24)9-3-5-16-6-4-11-20-15-16/h3-6,11,15,17H,1-2,7-10,12-14H2,(H,21,23)(H,22,24)/b5-3+/t17-/m1/s1. The predicted octanol–water partition coefficient (Wildman–Crippen LogP) is 3.43. The summed E-state index contributed by atoms with van der Waals surface area (Å²) in [5.41, 5.74) is 0.970. The van der Waals surface area contributed by atoms with Gasteiger partial charge in [-0.1, -0.05) is 46.2 Å². The maximum absolute atomic E-state index is 11.8. The van der Waals surface area contributed by atoms with Crippen molar-refractivity contribution in [3.05, 3.63) is 36.2 Å². The molecule has 0 bridgehead atoms. The van der Waals surface area contributed by atoms with Crippen LogP contribution in [0.5, 0.6) is 0 Å². The van der Waals surface area contributed by atoms with Gasteiger partial charge in [0, 0.05) is 49.3 Å². The molecule has 2 heterocycles. The van der Waals surface area contributed by atoms with Crippen LogP contribution in [0.2, 0.25) is 0 Å². The van der Waals surface area contributed by atoms with Crippen molar-refractivity contribution in [1.29, 1.82) is 0 Å². The molecule has 1 aromatic heterocycles. The van der Waals surface area contributed by atoms with E-state index in [2.05, 4.69) is 15.6 Å². The van der Waals surface area contributed by atoms with E-state index in [0.717, 1.165) is 23.7 Å². The molecule has 0 radical (unpaired) electrons. The molecular weight excluding hydrogens is 366 g/mol.